The van der Waals surface area contributed by atoms with E-state index in [2.05, 4.69) is 77.5 Å². The van der Waals surface area contributed by atoms with Gasteiger partial charge in [0, 0.05) is 4.47 Å². The van der Waals surface area contributed by atoms with Gasteiger partial charge in [0.1, 0.15) is 0 Å². The number of halogens is 1. The van der Waals surface area contributed by atoms with Crippen LogP contribution in [0.5, 0.6) is 0 Å². The summed E-state index contributed by atoms with van der Waals surface area (Å²) < 4.78 is 1.14. The Bertz CT molecular complexity index is 510. The number of benzene rings is 2. The molecule has 2 aromatic carbocycles. The van der Waals surface area contributed by atoms with E-state index in [1.165, 1.54) is 11.1 Å². The van der Waals surface area contributed by atoms with Crippen LogP contribution >= 0.6 is 15.9 Å². The second-order valence-corrected chi connectivity index (χ2v) is 5.85. The fraction of sp³-hybridized carbons (Fsp3) is 0.294. The third kappa shape index (κ3) is 3.68. The van der Waals surface area contributed by atoms with Crippen molar-refractivity contribution in [1.82, 2.24) is 0 Å². The van der Waals surface area contributed by atoms with Crippen LogP contribution in [-0.2, 0) is 0 Å². The summed E-state index contributed by atoms with van der Waals surface area (Å²) in [5, 5.41) is 0. The molecule has 0 radical (unpaired) electrons. The third-order valence-electron chi connectivity index (χ3n) is 3.68. The normalized spacial score (nSPS) is 14.1. The summed E-state index contributed by atoms with van der Waals surface area (Å²) in [6.07, 6.45) is 1.01. The molecule has 0 saturated carbocycles. The summed E-state index contributed by atoms with van der Waals surface area (Å²) in [4.78, 5) is 0. The lowest BCUT2D eigenvalue weighted by atomic mass is 9.81. The highest BCUT2D eigenvalue weighted by Gasteiger charge is 2.20. The quantitative estimate of drug-likeness (QED) is 0.851. The number of nitrogens with two attached hydrogens (primary N) is 1. The van der Waals surface area contributed by atoms with Crippen molar-refractivity contribution in [3.05, 3.63) is 70.2 Å². The Hall–Kier alpha value is -1.12. The van der Waals surface area contributed by atoms with E-state index in [1.807, 2.05) is 0 Å². The second-order valence-electron chi connectivity index (χ2n) is 4.94. The van der Waals surface area contributed by atoms with Gasteiger partial charge in [-0.1, -0.05) is 65.3 Å². The van der Waals surface area contributed by atoms with Crippen molar-refractivity contribution in [3.8, 4) is 0 Å². The van der Waals surface area contributed by atoms with Crippen molar-refractivity contribution >= 4 is 15.9 Å². The molecule has 100 valence electrons. The second kappa shape index (κ2) is 6.88. The molecule has 0 bridgehead atoms. The van der Waals surface area contributed by atoms with Gasteiger partial charge in [0.15, 0.2) is 0 Å². The van der Waals surface area contributed by atoms with Crippen LogP contribution in [0, 0.1) is 0 Å². The van der Waals surface area contributed by atoms with Gasteiger partial charge in [-0.25, -0.2) is 0 Å². The smallest absolute Gasteiger partial charge is 0.0178 e. The third-order valence-corrected chi connectivity index (χ3v) is 4.18. The van der Waals surface area contributed by atoms with Crippen LogP contribution in [0.2, 0.25) is 0 Å². The van der Waals surface area contributed by atoms with Gasteiger partial charge in [-0.2, -0.15) is 0 Å². The molecule has 2 heteroatoms. The highest BCUT2D eigenvalue weighted by molar-refractivity contribution is 9.10. The lowest BCUT2D eigenvalue weighted by Crippen LogP contribution is -2.13. The molecule has 19 heavy (non-hydrogen) atoms. The molecule has 0 aliphatic carbocycles. The highest BCUT2D eigenvalue weighted by Crippen LogP contribution is 2.35. The van der Waals surface area contributed by atoms with E-state index < -0.39 is 0 Å². The van der Waals surface area contributed by atoms with E-state index in [4.69, 9.17) is 5.73 Å². The lowest BCUT2D eigenvalue weighted by Gasteiger charge is -2.24. The zero-order valence-electron chi connectivity index (χ0n) is 11.2. The Morgan fingerprint density at radius 2 is 1.68 bits per heavy atom. The summed E-state index contributed by atoms with van der Waals surface area (Å²) >= 11 is 3.55. The minimum Gasteiger partial charge on any atom is -0.330 e. The fourth-order valence-corrected chi connectivity index (χ4v) is 3.02. The first-order valence-electron chi connectivity index (χ1n) is 6.73. The molecule has 0 aromatic heterocycles. The molecule has 0 spiro atoms. The lowest BCUT2D eigenvalue weighted by molar-refractivity contribution is 0.541. The molecule has 2 aromatic rings. The van der Waals surface area contributed by atoms with Gasteiger partial charge < -0.3 is 5.73 Å². The van der Waals surface area contributed by atoms with Gasteiger partial charge in [0.25, 0.3) is 0 Å². The highest BCUT2D eigenvalue weighted by atomic mass is 79.9. The van der Waals surface area contributed by atoms with Gasteiger partial charge in [-0.05, 0) is 48.1 Å². The van der Waals surface area contributed by atoms with Crippen molar-refractivity contribution in [1.29, 1.82) is 0 Å². The van der Waals surface area contributed by atoms with Gasteiger partial charge >= 0.3 is 0 Å². The van der Waals surface area contributed by atoms with E-state index >= 15 is 0 Å². The van der Waals surface area contributed by atoms with E-state index in [1.54, 1.807) is 0 Å². The SMILES string of the molecule is CC(c1cccc(Br)c1)C(CCN)c1ccccc1. The number of rotatable bonds is 5. The molecular formula is C17H20BrN. The van der Waals surface area contributed by atoms with Crippen LogP contribution in [0.25, 0.3) is 0 Å². The molecule has 2 unspecified atom stereocenters. The average molecular weight is 318 g/mol. The number of hydrogen-bond acceptors (Lipinski definition) is 1. The number of hydrogen-bond donors (Lipinski definition) is 1. The van der Waals surface area contributed by atoms with Gasteiger partial charge in [-0.15, -0.1) is 0 Å². The summed E-state index contributed by atoms with van der Waals surface area (Å²) in [6.45, 7) is 3.01. The molecule has 2 N–H and O–H groups in total. The van der Waals surface area contributed by atoms with Crippen molar-refractivity contribution in [2.75, 3.05) is 6.54 Å². The van der Waals surface area contributed by atoms with Crippen LogP contribution in [0.3, 0.4) is 0 Å². The molecule has 0 fully saturated rings. The largest absolute Gasteiger partial charge is 0.330 e. The first kappa shape index (κ1) is 14.3. The van der Waals surface area contributed by atoms with Crippen LogP contribution in [0.15, 0.2) is 59.1 Å². The molecule has 0 aliphatic rings. The van der Waals surface area contributed by atoms with Crippen molar-refractivity contribution in [2.24, 2.45) is 5.73 Å². The first-order valence-corrected chi connectivity index (χ1v) is 7.52. The first-order chi connectivity index (χ1) is 9.22. The Morgan fingerprint density at radius 1 is 1.00 bits per heavy atom. The van der Waals surface area contributed by atoms with E-state index in [9.17, 15) is 0 Å². The van der Waals surface area contributed by atoms with Crippen molar-refractivity contribution < 1.29 is 0 Å². The van der Waals surface area contributed by atoms with Crippen molar-refractivity contribution in [3.63, 3.8) is 0 Å². The molecule has 2 rings (SSSR count). The molecule has 0 saturated heterocycles. The van der Waals surface area contributed by atoms with Gasteiger partial charge in [0.05, 0.1) is 0 Å². The van der Waals surface area contributed by atoms with E-state index in [-0.39, 0.29) is 0 Å². The van der Waals surface area contributed by atoms with Gasteiger partial charge in [0.2, 0.25) is 0 Å². The Kier molecular flexibility index (Phi) is 5.17. The van der Waals surface area contributed by atoms with Crippen molar-refractivity contribution in [2.45, 2.75) is 25.2 Å². The van der Waals surface area contributed by atoms with Crippen LogP contribution in [-0.4, -0.2) is 6.54 Å². The van der Waals surface area contributed by atoms with Crippen LogP contribution in [0.1, 0.15) is 36.3 Å². The maximum Gasteiger partial charge on any atom is 0.0178 e. The molecular weight excluding hydrogens is 298 g/mol. The van der Waals surface area contributed by atoms with Crippen LogP contribution < -0.4 is 5.73 Å². The average Bonchev–Trinajstić information content (AvgIpc) is 2.45. The fourth-order valence-electron chi connectivity index (χ4n) is 2.61. The minimum absolute atomic E-state index is 0.462. The molecule has 0 amide bonds. The van der Waals surface area contributed by atoms with Crippen LogP contribution in [0.4, 0.5) is 0 Å². The predicted octanol–water partition coefficient (Wildman–Crippen LogP) is 4.69. The molecule has 0 aliphatic heterocycles. The summed E-state index contributed by atoms with van der Waals surface area (Å²) in [7, 11) is 0. The Labute approximate surface area is 124 Å². The summed E-state index contributed by atoms with van der Waals surface area (Å²) in [5.41, 5.74) is 8.54. The summed E-state index contributed by atoms with van der Waals surface area (Å²) in [6, 6.07) is 19.2. The Morgan fingerprint density at radius 3 is 2.32 bits per heavy atom. The van der Waals surface area contributed by atoms with E-state index in [0.717, 1.165) is 17.4 Å². The molecule has 0 heterocycles. The molecule has 2 atom stereocenters. The van der Waals surface area contributed by atoms with E-state index in [0.29, 0.717) is 11.8 Å². The maximum absolute atomic E-state index is 5.80. The topological polar surface area (TPSA) is 26.0 Å². The Balaban J connectivity index is 2.29. The maximum atomic E-state index is 5.80. The minimum atomic E-state index is 0.462. The summed E-state index contributed by atoms with van der Waals surface area (Å²) in [5.74, 6) is 0.934. The monoisotopic (exact) mass is 317 g/mol. The van der Waals surface area contributed by atoms with Gasteiger partial charge in [-0.3, -0.25) is 0 Å². The predicted molar refractivity (Wildman–Crippen MR) is 85.4 cm³/mol. The zero-order chi connectivity index (χ0) is 13.7. The zero-order valence-corrected chi connectivity index (χ0v) is 12.8. The standard InChI is InChI=1S/C17H20BrN/c1-13(15-8-5-9-16(18)12-15)17(10-11-19)14-6-3-2-4-7-14/h2-9,12-13,17H,10-11,19H2,1H3. The molecule has 1 nitrogen and oxygen atoms in total.